The second-order valence-electron chi connectivity index (χ2n) is 4.31. The van der Waals surface area contributed by atoms with Gasteiger partial charge >= 0.3 is 0 Å². The van der Waals surface area contributed by atoms with Crippen LogP contribution in [0.1, 0.15) is 65.7 Å². The van der Waals surface area contributed by atoms with Crippen molar-refractivity contribution in [1.29, 1.82) is 0 Å². The molecule has 86 valence electrons. The number of hydrogen-bond acceptors (Lipinski definition) is 1. The van der Waals surface area contributed by atoms with Gasteiger partial charge in [0.15, 0.2) is 0 Å². The van der Waals surface area contributed by atoms with Gasteiger partial charge in [-0.1, -0.05) is 46.0 Å². The highest BCUT2D eigenvalue weighted by atomic mass is 32.2. The van der Waals surface area contributed by atoms with E-state index in [2.05, 4.69) is 20.8 Å². The molecule has 0 bridgehead atoms. The van der Waals surface area contributed by atoms with Crippen molar-refractivity contribution in [1.82, 2.24) is 0 Å². The van der Waals surface area contributed by atoms with Gasteiger partial charge in [0.1, 0.15) is 0 Å². The van der Waals surface area contributed by atoms with Gasteiger partial charge in [0.05, 0.1) is 15.7 Å². The van der Waals surface area contributed by atoms with Crippen LogP contribution in [0.2, 0.25) is 0 Å². The van der Waals surface area contributed by atoms with Gasteiger partial charge in [-0.2, -0.15) is 0 Å². The maximum absolute atomic E-state index is 11.5. The van der Waals surface area contributed by atoms with Crippen molar-refractivity contribution in [2.24, 2.45) is 5.14 Å². The Morgan fingerprint density at radius 1 is 1.07 bits per heavy atom. The quantitative estimate of drug-likeness (QED) is 0.626. The summed E-state index contributed by atoms with van der Waals surface area (Å²) >= 11 is 0. The van der Waals surface area contributed by atoms with Crippen molar-refractivity contribution in [3.63, 3.8) is 0 Å². The van der Waals surface area contributed by atoms with E-state index in [9.17, 15) is 4.21 Å². The minimum atomic E-state index is -1.17. The Balaban J connectivity index is 4.03. The smallest absolute Gasteiger partial charge is 0.0948 e. The third kappa shape index (κ3) is 5.11. The van der Waals surface area contributed by atoms with E-state index < -0.39 is 11.0 Å². The molecule has 0 saturated heterocycles. The molecule has 0 aromatic heterocycles. The van der Waals surface area contributed by atoms with Crippen molar-refractivity contribution in [3.8, 4) is 0 Å². The molecule has 2 atom stereocenters. The van der Waals surface area contributed by atoms with Gasteiger partial charge in [-0.05, 0) is 19.8 Å². The van der Waals surface area contributed by atoms with E-state index in [4.69, 9.17) is 5.14 Å². The van der Waals surface area contributed by atoms with Gasteiger partial charge < -0.3 is 0 Å². The second kappa shape index (κ2) is 7.41. The molecule has 0 fully saturated rings. The molecule has 3 heteroatoms. The third-order valence-electron chi connectivity index (χ3n) is 2.85. The Labute approximate surface area is 91.2 Å². The monoisotopic (exact) mass is 219 g/mol. The van der Waals surface area contributed by atoms with E-state index in [1.165, 1.54) is 12.8 Å². The molecule has 2 unspecified atom stereocenters. The molecule has 0 heterocycles. The fourth-order valence-corrected chi connectivity index (χ4v) is 2.32. The molecule has 0 aliphatic heterocycles. The molecule has 0 rings (SSSR count). The molecule has 0 radical (unpaired) electrons. The molecule has 0 aliphatic carbocycles. The highest BCUT2D eigenvalue weighted by Crippen LogP contribution is 2.26. The minimum Gasteiger partial charge on any atom is -0.251 e. The fraction of sp³-hybridized carbons (Fsp3) is 1.00. The van der Waals surface area contributed by atoms with E-state index in [1.807, 2.05) is 0 Å². The number of rotatable bonds is 8. The van der Waals surface area contributed by atoms with Gasteiger partial charge in [-0.15, -0.1) is 0 Å². The largest absolute Gasteiger partial charge is 0.251 e. The maximum atomic E-state index is 11.5. The summed E-state index contributed by atoms with van der Waals surface area (Å²) in [6.07, 6.45) is 7.87. The van der Waals surface area contributed by atoms with Crippen LogP contribution in [0.3, 0.4) is 0 Å². The molecule has 0 aliphatic rings. The molecule has 0 aromatic rings. The number of hydrogen-bond donors (Lipinski definition) is 1. The van der Waals surface area contributed by atoms with Crippen LogP contribution in [0.4, 0.5) is 0 Å². The fourth-order valence-electron chi connectivity index (χ4n) is 1.63. The summed E-state index contributed by atoms with van der Waals surface area (Å²) in [5, 5.41) is 5.57. The summed E-state index contributed by atoms with van der Waals surface area (Å²) in [5.41, 5.74) is 0. The first-order valence-corrected chi connectivity index (χ1v) is 6.94. The van der Waals surface area contributed by atoms with Crippen LogP contribution in [0.15, 0.2) is 0 Å². The first kappa shape index (κ1) is 14.1. The molecule has 0 amide bonds. The Kier molecular flexibility index (Phi) is 7.47. The van der Waals surface area contributed by atoms with E-state index in [0.717, 1.165) is 32.1 Å². The van der Waals surface area contributed by atoms with E-state index in [1.54, 1.807) is 0 Å². The topological polar surface area (TPSA) is 43.1 Å². The van der Waals surface area contributed by atoms with Crippen LogP contribution >= 0.6 is 0 Å². The molecular formula is C11H25NOS. The number of nitrogens with two attached hydrogens (primary N) is 1. The van der Waals surface area contributed by atoms with Gasteiger partial charge in [-0.3, -0.25) is 5.14 Å². The SMILES string of the molecule is CCCCCC(C)(CCCC)S(N)=O. The minimum absolute atomic E-state index is 0.148. The van der Waals surface area contributed by atoms with Gasteiger partial charge in [0.25, 0.3) is 0 Å². The highest BCUT2D eigenvalue weighted by molar-refractivity contribution is 7.84. The predicted molar refractivity (Wildman–Crippen MR) is 64.4 cm³/mol. The van der Waals surface area contributed by atoms with E-state index >= 15 is 0 Å². The van der Waals surface area contributed by atoms with Crippen molar-refractivity contribution in [2.45, 2.75) is 70.5 Å². The molecule has 14 heavy (non-hydrogen) atoms. The van der Waals surface area contributed by atoms with Crippen LogP contribution in [0.5, 0.6) is 0 Å². The molecule has 0 spiro atoms. The average molecular weight is 219 g/mol. The van der Waals surface area contributed by atoms with Crippen molar-refractivity contribution < 1.29 is 4.21 Å². The molecule has 0 saturated carbocycles. The summed E-state index contributed by atoms with van der Waals surface area (Å²) < 4.78 is 11.3. The summed E-state index contributed by atoms with van der Waals surface area (Å²) in [6, 6.07) is 0. The average Bonchev–Trinajstić information content (AvgIpc) is 2.15. The van der Waals surface area contributed by atoms with Crippen molar-refractivity contribution in [3.05, 3.63) is 0 Å². The molecule has 2 nitrogen and oxygen atoms in total. The Morgan fingerprint density at radius 2 is 1.57 bits per heavy atom. The normalized spacial score (nSPS) is 17.7. The zero-order chi connectivity index (χ0) is 11.0. The van der Waals surface area contributed by atoms with E-state index in [0.29, 0.717) is 0 Å². The van der Waals surface area contributed by atoms with Gasteiger partial charge in [0.2, 0.25) is 0 Å². The zero-order valence-corrected chi connectivity index (χ0v) is 10.7. The summed E-state index contributed by atoms with van der Waals surface area (Å²) in [4.78, 5) is 0. The standard InChI is InChI=1S/C11H25NOS/c1-4-6-8-10-11(3,14(12)13)9-7-5-2/h4-10,12H2,1-3H3. The lowest BCUT2D eigenvalue weighted by atomic mass is 9.96. The van der Waals surface area contributed by atoms with Crippen LogP contribution in [-0.2, 0) is 11.0 Å². The van der Waals surface area contributed by atoms with Crippen molar-refractivity contribution in [2.75, 3.05) is 0 Å². The number of unbranched alkanes of at least 4 members (excludes halogenated alkanes) is 3. The van der Waals surface area contributed by atoms with Crippen LogP contribution in [0, 0.1) is 0 Å². The predicted octanol–water partition coefficient (Wildman–Crippen LogP) is 3.14. The highest BCUT2D eigenvalue weighted by Gasteiger charge is 2.28. The first-order valence-electron chi connectivity index (χ1n) is 5.73. The summed E-state index contributed by atoms with van der Waals surface area (Å²) in [7, 11) is -1.17. The Hall–Kier alpha value is 0.110. The maximum Gasteiger partial charge on any atom is 0.0948 e. The van der Waals surface area contributed by atoms with Crippen molar-refractivity contribution >= 4 is 11.0 Å². The first-order chi connectivity index (χ1) is 6.56. The Bertz CT molecular complexity index is 173. The summed E-state index contributed by atoms with van der Waals surface area (Å²) in [6.45, 7) is 6.41. The lowest BCUT2D eigenvalue weighted by Gasteiger charge is -2.26. The zero-order valence-electron chi connectivity index (χ0n) is 9.84. The van der Waals surface area contributed by atoms with Crippen LogP contribution in [-0.4, -0.2) is 8.96 Å². The molecule has 2 N–H and O–H groups in total. The second-order valence-corrected chi connectivity index (χ2v) is 5.89. The third-order valence-corrected chi connectivity index (χ3v) is 4.23. The van der Waals surface area contributed by atoms with Crippen LogP contribution < -0.4 is 5.14 Å². The van der Waals surface area contributed by atoms with Gasteiger partial charge in [0, 0.05) is 0 Å². The lowest BCUT2D eigenvalue weighted by Crippen LogP contribution is -2.35. The Morgan fingerprint density at radius 3 is 2.00 bits per heavy atom. The lowest BCUT2D eigenvalue weighted by molar-refractivity contribution is 0.473. The summed E-state index contributed by atoms with van der Waals surface area (Å²) in [5.74, 6) is 0. The molecule has 0 aromatic carbocycles. The molecular weight excluding hydrogens is 194 g/mol. The van der Waals surface area contributed by atoms with Crippen LogP contribution in [0.25, 0.3) is 0 Å². The van der Waals surface area contributed by atoms with E-state index in [-0.39, 0.29) is 4.75 Å². The van der Waals surface area contributed by atoms with Gasteiger partial charge in [-0.25, -0.2) is 4.21 Å².